The number of unbranched alkanes of at least 4 members (excludes halogenated alkanes) is 7. The topological polar surface area (TPSA) is 150 Å². The first-order valence-electron chi connectivity index (χ1n) is 24.6. The molecule has 374 valence electrons. The first kappa shape index (κ1) is 53.9. The van der Waals surface area contributed by atoms with Gasteiger partial charge in [-0.1, -0.05) is 96.5 Å². The number of aryl methyl sites for hydroxylation is 4. The quantitative estimate of drug-likeness (QED) is 0.0453. The summed E-state index contributed by atoms with van der Waals surface area (Å²) in [6, 6.07) is 27.6. The minimum absolute atomic E-state index is 0.244. The highest BCUT2D eigenvalue weighted by Gasteiger charge is 2.33. The molecule has 0 unspecified atom stereocenters. The van der Waals surface area contributed by atoms with Crippen LogP contribution < -0.4 is 0 Å². The Bertz CT molecular complexity index is 2470. The molecule has 2 fully saturated rings. The summed E-state index contributed by atoms with van der Waals surface area (Å²) < 4.78 is 117. The Hall–Kier alpha value is -3.48. The van der Waals surface area contributed by atoms with Crippen molar-refractivity contribution in [1.82, 2.24) is 17.2 Å². The van der Waals surface area contributed by atoms with Crippen LogP contribution in [0.1, 0.15) is 112 Å². The number of hydrogen-bond acceptors (Lipinski definition) is 8. The molecule has 0 radical (unpaired) electrons. The van der Waals surface area contributed by atoms with Crippen molar-refractivity contribution in [2.45, 2.75) is 137 Å². The van der Waals surface area contributed by atoms with Crippen molar-refractivity contribution in [3.05, 3.63) is 119 Å². The predicted octanol–water partition coefficient (Wildman–Crippen LogP) is 9.70. The molecule has 6 rings (SSSR count). The highest BCUT2D eigenvalue weighted by molar-refractivity contribution is 7.90. The first-order chi connectivity index (χ1) is 32.4. The van der Waals surface area contributed by atoms with Crippen LogP contribution in [-0.4, -0.2) is 103 Å². The second-order valence-electron chi connectivity index (χ2n) is 19.2. The normalized spacial score (nSPS) is 15.0. The van der Waals surface area contributed by atoms with Gasteiger partial charge in [0.15, 0.2) is 0 Å². The molecule has 68 heavy (non-hydrogen) atoms. The van der Waals surface area contributed by atoms with E-state index in [0.29, 0.717) is 89.6 Å². The lowest BCUT2D eigenvalue weighted by molar-refractivity contribution is 0.353. The summed E-state index contributed by atoms with van der Waals surface area (Å²) in [5.41, 5.74) is 3.91. The Morgan fingerprint density at radius 2 is 0.500 bits per heavy atom. The van der Waals surface area contributed by atoms with Crippen molar-refractivity contribution < 1.29 is 33.7 Å². The average Bonchev–Trinajstić information content (AvgIpc) is 4.26. The Morgan fingerprint density at radius 1 is 0.309 bits per heavy atom. The fraction of sp³-hybridized carbons (Fsp3) is 0.538. The van der Waals surface area contributed by atoms with Gasteiger partial charge in [-0.25, -0.2) is 33.7 Å². The Labute approximate surface area is 409 Å². The van der Waals surface area contributed by atoms with Crippen LogP contribution >= 0.6 is 0 Å². The van der Waals surface area contributed by atoms with Gasteiger partial charge in [0.25, 0.3) is 0 Å². The van der Waals surface area contributed by atoms with Crippen molar-refractivity contribution in [2.75, 3.05) is 52.4 Å². The van der Waals surface area contributed by atoms with Gasteiger partial charge in [0.05, 0.1) is 19.6 Å². The van der Waals surface area contributed by atoms with E-state index in [0.717, 1.165) is 73.6 Å². The van der Waals surface area contributed by atoms with Gasteiger partial charge in [-0.05, 0) is 152 Å². The third-order valence-electron chi connectivity index (χ3n) is 13.1. The Morgan fingerprint density at radius 3 is 0.735 bits per heavy atom. The fourth-order valence-electron chi connectivity index (χ4n) is 8.37. The van der Waals surface area contributed by atoms with E-state index < -0.39 is 40.1 Å². The molecule has 0 amide bonds. The Balaban J connectivity index is 1.00. The maximum absolute atomic E-state index is 14.0. The zero-order valence-corrected chi connectivity index (χ0v) is 43.9. The van der Waals surface area contributed by atoms with Gasteiger partial charge in [0.1, 0.15) is 0 Å². The monoisotopic (exact) mass is 1010 g/mol. The van der Waals surface area contributed by atoms with Crippen LogP contribution in [0.4, 0.5) is 0 Å². The summed E-state index contributed by atoms with van der Waals surface area (Å²) in [5.74, 6) is 0.726. The van der Waals surface area contributed by atoms with Crippen molar-refractivity contribution in [1.29, 1.82) is 0 Å². The molecule has 0 spiro atoms. The fourth-order valence-corrected chi connectivity index (χ4v) is 14.5. The van der Waals surface area contributed by atoms with E-state index in [1.54, 1.807) is 90.0 Å². The highest BCUT2D eigenvalue weighted by Crippen LogP contribution is 2.33. The van der Waals surface area contributed by atoms with Crippen LogP contribution in [0.15, 0.2) is 117 Å². The molecule has 2 aliphatic carbocycles. The molecule has 0 saturated heterocycles. The minimum atomic E-state index is -3.79. The zero-order chi connectivity index (χ0) is 49.0. The number of hydrogen-bond donors (Lipinski definition) is 0. The maximum Gasteiger partial charge on any atom is 0.243 e. The zero-order valence-electron chi connectivity index (χ0n) is 40.6. The van der Waals surface area contributed by atoms with Crippen molar-refractivity contribution in [3.8, 4) is 0 Å². The highest BCUT2D eigenvalue weighted by atomic mass is 32.2. The molecule has 2 saturated carbocycles. The molecule has 12 nitrogen and oxygen atoms in total. The van der Waals surface area contributed by atoms with Gasteiger partial charge >= 0.3 is 0 Å². The van der Waals surface area contributed by atoms with E-state index in [1.807, 2.05) is 52.0 Å². The number of nitrogens with zero attached hydrogens (tertiary/aromatic N) is 4. The van der Waals surface area contributed by atoms with Crippen LogP contribution in [0.25, 0.3) is 0 Å². The second kappa shape index (κ2) is 24.6. The summed E-state index contributed by atoms with van der Waals surface area (Å²) in [6.45, 7) is 10.5. The van der Waals surface area contributed by atoms with E-state index in [2.05, 4.69) is 0 Å². The van der Waals surface area contributed by atoms with Crippen LogP contribution in [0.2, 0.25) is 0 Å². The third-order valence-corrected chi connectivity index (χ3v) is 20.7. The van der Waals surface area contributed by atoms with Crippen LogP contribution in [0, 0.1) is 39.5 Å². The average molecular weight is 1010 g/mol. The first-order valence-corrected chi connectivity index (χ1v) is 30.4. The molecule has 16 heteroatoms. The lowest BCUT2D eigenvalue weighted by atomic mass is 10.1. The predicted molar refractivity (Wildman–Crippen MR) is 271 cm³/mol. The van der Waals surface area contributed by atoms with Crippen molar-refractivity contribution in [2.24, 2.45) is 11.8 Å². The molecular weight excluding hydrogens is 937 g/mol. The van der Waals surface area contributed by atoms with E-state index in [4.69, 9.17) is 0 Å². The molecule has 0 bridgehead atoms. The van der Waals surface area contributed by atoms with E-state index in [9.17, 15) is 33.7 Å². The molecule has 0 N–H and O–H groups in total. The Kier molecular flexibility index (Phi) is 19.5. The summed E-state index contributed by atoms with van der Waals surface area (Å²) >= 11 is 0. The third kappa shape index (κ3) is 15.5. The number of sulfonamides is 4. The van der Waals surface area contributed by atoms with Gasteiger partial charge < -0.3 is 0 Å². The molecule has 0 atom stereocenters. The molecular formula is C52H74N4O8S4. The van der Waals surface area contributed by atoms with Gasteiger partial charge in [-0.2, -0.15) is 17.2 Å². The SMILES string of the molecule is Cc1ccc(S(=O)(=O)N(CCCCCCCCN(CCCCN(CC2CC2)S(=O)(=O)c2ccc(C)cc2)S(=O)(=O)c2ccc(C)cc2)CCCCN(CC2CC2)S(=O)(=O)c2ccc(C)cc2)cc1. The van der Waals surface area contributed by atoms with Gasteiger partial charge in [-0.3, -0.25) is 0 Å². The molecule has 0 aliphatic heterocycles. The lowest BCUT2D eigenvalue weighted by Crippen LogP contribution is -2.36. The van der Waals surface area contributed by atoms with E-state index in [-0.39, 0.29) is 32.7 Å². The van der Waals surface area contributed by atoms with Crippen LogP contribution in [-0.2, 0) is 40.1 Å². The van der Waals surface area contributed by atoms with Gasteiger partial charge in [0, 0.05) is 52.4 Å². The van der Waals surface area contributed by atoms with Crippen LogP contribution in [0.5, 0.6) is 0 Å². The molecule has 0 heterocycles. The summed E-state index contributed by atoms with van der Waals surface area (Å²) in [6.07, 6.45) is 10.8. The van der Waals surface area contributed by atoms with Gasteiger partial charge in [0.2, 0.25) is 40.1 Å². The van der Waals surface area contributed by atoms with E-state index in [1.165, 1.54) is 0 Å². The second-order valence-corrected chi connectivity index (χ2v) is 27.0. The maximum atomic E-state index is 14.0. The van der Waals surface area contributed by atoms with Crippen molar-refractivity contribution in [3.63, 3.8) is 0 Å². The molecule has 0 aromatic heterocycles. The molecule has 4 aromatic carbocycles. The smallest absolute Gasteiger partial charge is 0.207 e. The number of rotatable bonds is 31. The largest absolute Gasteiger partial charge is 0.243 e. The van der Waals surface area contributed by atoms with Gasteiger partial charge in [-0.15, -0.1) is 0 Å². The van der Waals surface area contributed by atoms with Crippen molar-refractivity contribution >= 4 is 40.1 Å². The molecule has 2 aliphatic rings. The lowest BCUT2D eigenvalue weighted by Gasteiger charge is -2.25. The summed E-state index contributed by atoms with van der Waals surface area (Å²) in [7, 11) is -14.9. The summed E-state index contributed by atoms with van der Waals surface area (Å²) in [5, 5.41) is 0. The van der Waals surface area contributed by atoms with E-state index >= 15 is 0 Å². The summed E-state index contributed by atoms with van der Waals surface area (Å²) in [4.78, 5) is 1.05. The minimum Gasteiger partial charge on any atom is -0.207 e. The standard InChI is InChI=1S/C52H74N4O8S4/c1-43-15-27-49(28-16-43)65(57,58)53(37-11-13-39-55(41-47-23-24-47)67(61,62)51-31-19-45(3)20-32-51)35-9-7-5-6-8-10-36-54(66(59,60)50-29-17-44(2)18-30-50)38-12-14-40-56(42-48-25-26-48)68(63,64)52-33-21-46(4)22-34-52/h15-22,27-34,47-48H,5-14,23-26,35-42H2,1-4H3. The molecule has 4 aromatic rings. The number of benzene rings is 4. The van der Waals surface area contributed by atoms with Crippen LogP contribution in [0.3, 0.4) is 0 Å².